The largest absolute Gasteiger partial charge is 0.416 e. The maximum Gasteiger partial charge on any atom is 0.416 e. The maximum atomic E-state index is 13.9. The SMILES string of the molecule is Cc1ccc(C(=O)Nc2ccc(CN3CCN(C)CC3)c(C(F)(F)F)c2)nc1C#Cc1nnc2ccccn12. The van der Waals surface area contributed by atoms with Gasteiger partial charge < -0.3 is 10.2 Å². The zero-order valence-corrected chi connectivity index (χ0v) is 21.5. The van der Waals surface area contributed by atoms with Crippen LogP contribution in [0.5, 0.6) is 0 Å². The number of piperazine rings is 1. The number of benzene rings is 1. The van der Waals surface area contributed by atoms with Gasteiger partial charge in [-0.15, -0.1) is 10.2 Å². The molecule has 4 aromatic rings. The summed E-state index contributed by atoms with van der Waals surface area (Å²) < 4.78 is 43.5. The number of hydrogen-bond donors (Lipinski definition) is 1. The Bertz CT molecular complexity index is 1580. The number of fused-ring (bicyclic) bond motifs is 1. The van der Waals surface area contributed by atoms with E-state index in [1.54, 1.807) is 29.7 Å². The molecule has 5 rings (SSSR count). The third kappa shape index (κ3) is 6.08. The molecule has 4 heterocycles. The molecular weight excluding hydrogens is 507 g/mol. The molecule has 1 aliphatic rings. The quantitative estimate of drug-likeness (QED) is 0.402. The van der Waals surface area contributed by atoms with Gasteiger partial charge in [-0.25, -0.2) is 4.98 Å². The minimum atomic E-state index is -4.56. The Labute approximate surface area is 223 Å². The van der Waals surface area contributed by atoms with Gasteiger partial charge in [-0.2, -0.15) is 13.2 Å². The summed E-state index contributed by atoms with van der Waals surface area (Å²) in [6.07, 6.45) is -2.77. The molecule has 1 aliphatic heterocycles. The average molecular weight is 534 g/mol. The Hall–Kier alpha value is -4.27. The summed E-state index contributed by atoms with van der Waals surface area (Å²) in [7, 11) is 1.99. The van der Waals surface area contributed by atoms with Crippen LogP contribution in [0.1, 0.15) is 38.7 Å². The Morgan fingerprint density at radius 3 is 2.59 bits per heavy atom. The number of aryl methyl sites for hydroxylation is 1. The molecule has 0 radical (unpaired) electrons. The summed E-state index contributed by atoms with van der Waals surface area (Å²) in [5, 5.41) is 10.7. The van der Waals surface area contributed by atoms with E-state index < -0.39 is 17.6 Å². The van der Waals surface area contributed by atoms with E-state index in [0.29, 0.717) is 30.3 Å². The zero-order valence-electron chi connectivity index (χ0n) is 21.5. The minimum Gasteiger partial charge on any atom is -0.321 e. The van der Waals surface area contributed by atoms with E-state index in [1.807, 2.05) is 24.1 Å². The lowest BCUT2D eigenvalue weighted by atomic mass is 10.0. The molecule has 0 bridgehead atoms. The van der Waals surface area contributed by atoms with Crippen molar-refractivity contribution in [3.63, 3.8) is 0 Å². The van der Waals surface area contributed by atoms with Crippen LogP contribution in [0.2, 0.25) is 0 Å². The lowest BCUT2D eigenvalue weighted by Gasteiger charge is -2.33. The van der Waals surface area contributed by atoms with Crippen molar-refractivity contribution in [3.8, 4) is 11.8 Å². The Morgan fingerprint density at radius 2 is 1.82 bits per heavy atom. The molecule has 0 aliphatic carbocycles. The number of carbonyl (C=O) groups excluding carboxylic acids is 1. The summed E-state index contributed by atoms with van der Waals surface area (Å²) >= 11 is 0. The first-order valence-electron chi connectivity index (χ1n) is 12.4. The highest BCUT2D eigenvalue weighted by atomic mass is 19.4. The first-order valence-corrected chi connectivity index (χ1v) is 12.4. The number of hydrogen-bond acceptors (Lipinski definition) is 6. The van der Waals surface area contributed by atoms with Crippen molar-refractivity contribution in [1.82, 2.24) is 29.4 Å². The molecule has 8 nitrogen and oxygen atoms in total. The van der Waals surface area contributed by atoms with Gasteiger partial charge in [0.15, 0.2) is 5.65 Å². The van der Waals surface area contributed by atoms with E-state index in [1.165, 1.54) is 18.2 Å². The smallest absolute Gasteiger partial charge is 0.321 e. The van der Waals surface area contributed by atoms with E-state index in [0.717, 1.165) is 24.7 Å². The second kappa shape index (κ2) is 10.8. The van der Waals surface area contributed by atoms with Crippen molar-refractivity contribution >= 4 is 17.2 Å². The van der Waals surface area contributed by atoms with Crippen molar-refractivity contribution in [3.05, 3.63) is 88.6 Å². The summed E-state index contributed by atoms with van der Waals surface area (Å²) in [6, 6.07) is 12.6. The number of likely N-dealkylation sites (N-methyl/N-ethyl adjacent to an activating group) is 1. The van der Waals surface area contributed by atoms with Gasteiger partial charge in [-0.1, -0.05) is 18.2 Å². The highest BCUT2D eigenvalue weighted by Crippen LogP contribution is 2.34. The number of halogens is 3. The van der Waals surface area contributed by atoms with Crippen LogP contribution in [0.25, 0.3) is 5.65 Å². The minimum absolute atomic E-state index is 0.0334. The van der Waals surface area contributed by atoms with Gasteiger partial charge in [0.1, 0.15) is 11.4 Å². The first-order chi connectivity index (χ1) is 18.7. The molecule has 3 aromatic heterocycles. The molecular formula is C28H26F3N7O. The van der Waals surface area contributed by atoms with Crippen molar-refractivity contribution < 1.29 is 18.0 Å². The van der Waals surface area contributed by atoms with Crippen molar-refractivity contribution in [2.75, 3.05) is 38.5 Å². The van der Waals surface area contributed by atoms with Crippen LogP contribution in [0.4, 0.5) is 18.9 Å². The zero-order chi connectivity index (χ0) is 27.6. The Morgan fingerprint density at radius 1 is 1.03 bits per heavy atom. The van der Waals surface area contributed by atoms with Gasteiger partial charge in [0, 0.05) is 44.6 Å². The van der Waals surface area contributed by atoms with Crippen LogP contribution in [0, 0.1) is 18.8 Å². The summed E-state index contributed by atoms with van der Waals surface area (Å²) in [6.45, 7) is 5.00. The summed E-state index contributed by atoms with van der Waals surface area (Å²) in [5.74, 6) is 5.63. The van der Waals surface area contributed by atoms with Crippen LogP contribution in [0.3, 0.4) is 0 Å². The molecule has 39 heavy (non-hydrogen) atoms. The van der Waals surface area contributed by atoms with Crippen LogP contribution in [0.15, 0.2) is 54.7 Å². The molecule has 1 saturated heterocycles. The number of rotatable bonds is 4. The molecule has 0 spiro atoms. The fraction of sp³-hybridized carbons (Fsp3) is 0.286. The summed E-state index contributed by atoms with van der Waals surface area (Å²) in [5.41, 5.74) is 1.23. The highest BCUT2D eigenvalue weighted by molar-refractivity contribution is 6.03. The molecule has 200 valence electrons. The topological polar surface area (TPSA) is 78.7 Å². The normalized spacial score (nSPS) is 14.7. The van der Waals surface area contributed by atoms with Gasteiger partial charge >= 0.3 is 6.18 Å². The van der Waals surface area contributed by atoms with Crippen LogP contribution in [-0.2, 0) is 12.7 Å². The highest BCUT2D eigenvalue weighted by Gasteiger charge is 2.34. The molecule has 1 fully saturated rings. The van der Waals surface area contributed by atoms with Crippen LogP contribution < -0.4 is 5.32 Å². The van der Waals surface area contributed by atoms with Gasteiger partial charge in [-0.05, 0) is 67.3 Å². The van der Waals surface area contributed by atoms with Crippen molar-refractivity contribution in [2.45, 2.75) is 19.6 Å². The summed E-state index contributed by atoms with van der Waals surface area (Å²) in [4.78, 5) is 21.4. The third-order valence-electron chi connectivity index (χ3n) is 6.60. The monoisotopic (exact) mass is 533 g/mol. The average Bonchev–Trinajstić information content (AvgIpc) is 3.33. The molecule has 1 N–H and O–H groups in total. The molecule has 0 atom stereocenters. The third-order valence-corrected chi connectivity index (χ3v) is 6.60. The maximum absolute atomic E-state index is 13.9. The van der Waals surface area contributed by atoms with Crippen molar-refractivity contribution in [2.24, 2.45) is 0 Å². The standard InChI is InChI=1S/C28H26F3N7O/c1-19-6-9-24(33-23(19)10-11-26-35-34-25-5-3-4-12-38(25)26)27(39)32-21-8-7-20(22(17-21)28(29,30)31)18-37-15-13-36(2)14-16-37/h3-9,12,17H,13-16,18H2,1-2H3,(H,32,39). The molecule has 1 amide bonds. The number of pyridine rings is 2. The second-order valence-electron chi connectivity index (χ2n) is 9.47. The van der Waals surface area contributed by atoms with Gasteiger partial charge in [-0.3, -0.25) is 14.1 Å². The second-order valence-corrected chi connectivity index (χ2v) is 9.47. The number of anilines is 1. The predicted molar refractivity (Wildman–Crippen MR) is 140 cm³/mol. The van der Waals surface area contributed by atoms with Gasteiger partial charge in [0.2, 0.25) is 5.82 Å². The van der Waals surface area contributed by atoms with E-state index in [2.05, 4.69) is 37.2 Å². The van der Waals surface area contributed by atoms with Gasteiger partial charge in [0.25, 0.3) is 5.91 Å². The molecule has 1 aromatic carbocycles. The van der Waals surface area contributed by atoms with E-state index in [-0.39, 0.29) is 23.5 Å². The first kappa shape index (κ1) is 26.3. The van der Waals surface area contributed by atoms with E-state index in [4.69, 9.17) is 0 Å². The fourth-order valence-corrected chi connectivity index (χ4v) is 4.32. The Kier molecular flexibility index (Phi) is 7.32. The fourth-order valence-electron chi connectivity index (χ4n) is 4.32. The molecule has 0 unspecified atom stereocenters. The number of alkyl halides is 3. The number of amides is 1. The van der Waals surface area contributed by atoms with Crippen LogP contribution in [-0.4, -0.2) is 68.5 Å². The lowest BCUT2D eigenvalue weighted by molar-refractivity contribution is -0.138. The predicted octanol–water partition coefficient (Wildman–Crippen LogP) is 3.85. The number of aromatic nitrogens is 4. The lowest BCUT2D eigenvalue weighted by Crippen LogP contribution is -2.44. The molecule has 11 heteroatoms. The number of nitrogens with zero attached hydrogens (tertiary/aromatic N) is 6. The van der Waals surface area contributed by atoms with E-state index >= 15 is 0 Å². The Balaban J connectivity index is 1.35. The van der Waals surface area contributed by atoms with Crippen LogP contribution >= 0.6 is 0 Å². The van der Waals surface area contributed by atoms with Gasteiger partial charge in [0.05, 0.1) is 5.56 Å². The number of carbonyl (C=O) groups is 1. The number of nitrogens with one attached hydrogen (secondary N) is 1. The molecule has 0 saturated carbocycles. The van der Waals surface area contributed by atoms with E-state index in [9.17, 15) is 18.0 Å². The van der Waals surface area contributed by atoms with Crippen molar-refractivity contribution in [1.29, 1.82) is 0 Å².